The smallest absolute Gasteiger partial charge is 0.284 e. The molecule has 1 aliphatic rings. The molecule has 0 bridgehead atoms. The third-order valence-electron chi connectivity index (χ3n) is 5.56. The van der Waals surface area contributed by atoms with Gasteiger partial charge in [-0.3, -0.25) is 14.3 Å². The van der Waals surface area contributed by atoms with E-state index in [1.54, 1.807) is 29.1 Å². The summed E-state index contributed by atoms with van der Waals surface area (Å²) in [6.45, 7) is 0.387. The highest BCUT2D eigenvalue weighted by atomic mass is 35.5. The van der Waals surface area contributed by atoms with Crippen molar-refractivity contribution in [3.05, 3.63) is 86.3 Å². The monoisotopic (exact) mass is 459 g/mol. The van der Waals surface area contributed by atoms with Crippen LogP contribution in [0.25, 0.3) is 5.69 Å². The van der Waals surface area contributed by atoms with Crippen LogP contribution in [-0.2, 0) is 6.54 Å². The van der Waals surface area contributed by atoms with Crippen molar-refractivity contribution >= 4 is 29.1 Å². The standard InChI is InChI=1S/C23H23Cl2N3O3/c24-16-6-11-21(20(25)12-16)28-23(31)19(14-27(28)13-15-4-2-1-3-5-15)22(30)26-17-7-9-18(29)10-8-17/h1-6,11-12,14,17-18,29H,7-10,13H2,(H,26,30). The van der Waals surface area contributed by atoms with Crippen LogP contribution in [-0.4, -0.2) is 32.5 Å². The van der Waals surface area contributed by atoms with Gasteiger partial charge in [-0.2, -0.15) is 0 Å². The molecule has 0 saturated heterocycles. The molecule has 1 aromatic heterocycles. The summed E-state index contributed by atoms with van der Waals surface area (Å²) >= 11 is 12.4. The SMILES string of the molecule is O=C(NC1CCC(O)CC1)c1cn(Cc2ccccc2)n(-c2ccc(Cl)cc2Cl)c1=O. The summed E-state index contributed by atoms with van der Waals surface area (Å²) < 4.78 is 3.09. The topological polar surface area (TPSA) is 76.3 Å². The van der Waals surface area contributed by atoms with Crippen molar-refractivity contribution in [2.45, 2.75) is 44.4 Å². The maximum Gasteiger partial charge on any atom is 0.284 e. The number of halogens is 2. The minimum absolute atomic E-state index is 0.0491. The molecule has 6 nitrogen and oxygen atoms in total. The number of nitrogens with one attached hydrogen (secondary N) is 1. The van der Waals surface area contributed by atoms with Crippen LogP contribution < -0.4 is 10.9 Å². The van der Waals surface area contributed by atoms with Crippen molar-refractivity contribution in [1.29, 1.82) is 0 Å². The zero-order valence-corrected chi connectivity index (χ0v) is 18.3. The number of hydrogen-bond acceptors (Lipinski definition) is 3. The molecule has 1 fully saturated rings. The minimum atomic E-state index is -0.450. The van der Waals surface area contributed by atoms with Gasteiger partial charge in [-0.1, -0.05) is 53.5 Å². The van der Waals surface area contributed by atoms with Gasteiger partial charge in [-0.05, 0) is 49.4 Å². The number of hydrogen-bond donors (Lipinski definition) is 2. The van der Waals surface area contributed by atoms with Gasteiger partial charge in [0.25, 0.3) is 11.5 Å². The fourth-order valence-electron chi connectivity index (χ4n) is 3.92. The van der Waals surface area contributed by atoms with Gasteiger partial charge in [0.2, 0.25) is 0 Å². The first-order valence-corrected chi connectivity index (χ1v) is 11.0. The molecule has 2 N–H and O–H groups in total. The van der Waals surface area contributed by atoms with E-state index >= 15 is 0 Å². The summed E-state index contributed by atoms with van der Waals surface area (Å²) in [7, 11) is 0. The average Bonchev–Trinajstić information content (AvgIpc) is 3.06. The molecule has 1 aliphatic carbocycles. The van der Waals surface area contributed by atoms with Crippen molar-refractivity contribution in [2.75, 3.05) is 0 Å². The Morgan fingerprint density at radius 3 is 2.45 bits per heavy atom. The Kier molecular flexibility index (Phi) is 6.51. The third kappa shape index (κ3) is 4.87. The number of nitrogens with zero attached hydrogens (tertiary/aromatic N) is 2. The predicted molar refractivity (Wildman–Crippen MR) is 121 cm³/mol. The van der Waals surface area contributed by atoms with Crippen LogP contribution in [0.15, 0.2) is 59.5 Å². The highest BCUT2D eigenvalue weighted by Crippen LogP contribution is 2.24. The van der Waals surface area contributed by atoms with Crippen LogP contribution in [0.2, 0.25) is 10.0 Å². The number of carbonyl (C=O) groups is 1. The Morgan fingerprint density at radius 1 is 1.06 bits per heavy atom. The second-order valence-corrected chi connectivity index (χ2v) is 8.66. The maximum atomic E-state index is 13.3. The molecule has 2 aromatic carbocycles. The van der Waals surface area contributed by atoms with E-state index in [0.29, 0.717) is 48.0 Å². The van der Waals surface area contributed by atoms with E-state index in [0.717, 1.165) is 5.56 Å². The summed E-state index contributed by atoms with van der Waals surface area (Å²) in [6.07, 6.45) is 3.91. The van der Waals surface area contributed by atoms with Gasteiger partial charge >= 0.3 is 0 Å². The molecule has 1 heterocycles. The fraction of sp³-hybridized carbons (Fsp3) is 0.304. The molecule has 8 heteroatoms. The lowest BCUT2D eigenvalue weighted by Crippen LogP contribution is -2.40. The third-order valence-corrected chi connectivity index (χ3v) is 6.10. The second kappa shape index (κ2) is 9.30. The summed E-state index contributed by atoms with van der Waals surface area (Å²) in [5, 5.41) is 13.4. The zero-order valence-electron chi connectivity index (χ0n) is 16.8. The average molecular weight is 460 g/mol. The molecule has 1 saturated carbocycles. The van der Waals surface area contributed by atoms with Gasteiger partial charge in [0, 0.05) is 17.3 Å². The van der Waals surface area contributed by atoms with Gasteiger partial charge in [0.15, 0.2) is 0 Å². The van der Waals surface area contributed by atoms with Crippen LogP contribution in [0.5, 0.6) is 0 Å². The Labute approximate surface area is 190 Å². The van der Waals surface area contributed by atoms with E-state index in [2.05, 4.69) is 5.32 Å². The van der Waals surface area contributed by atoms with Crippen LogP contribution >= 0.6 is 23.2 Å². The van der Waals surface area contributed by atoms with Gasteiger partial charge in [-0.15, -0.1) is 0 Å². The van der Waals surface area contributed by atoms with Crippen molar-refractivity contribution in [3.8, 4) is 5.69 Å². The first-order chi connectivity index (χ1) is 14.9. The molecule has 1 amide bonds. The Hall–Kier alpha value is -2.54. The van der Waals surface area contributed by atoms with Gasteiger partial charge in [-0.25, -0.2) is 4.68 Å². The summed E-state index contributed by atoms with van der Waals surface area (Å²) in [4.78, 5) is 26.3. The Morgan fingerprint density at radius 2 is 1.77 bits per heavy atom. The molecule has 3 aromatic rings. The number of aliphatic hydroxyl groups is 1. The molecule has 0 atom stereocenters. The quantitative estimate of drug-likeness (QED) is 0.604. The van der Waals surface area contributed by atoms with E-state index < -0.39 is 11.5 Å². The lowest BCUT2D eigenvalue weighted by atomic mass is 9.93. The number of rotatable bonds is 5. The molecule has 0 radical (unpaired) electrons. The lowest BCUT2D eigenvalue weighted by molar-refractivity contribution is 0.0866. The molecule has 0 aliphatic heterocycles. The number of benzene rings is 2. The van der Waals surface area contributed by atoms with Gasteiger partial charge in [0.1, 0.15) is 5.56 Å². The van der Waals surface area contributed by atoms with Crippen molar-refractivity contribution in [1.82, 2.24) is 14.7 Å². The Balaban J connectivity index is 1.71. The van der Waals surface area contributed by atoms with E-state index in [1.807, 2.05) is 30.3 Å². The summed E-state index contributed by atoms with van der Waals surface area (Å²) in [6, 6.07) is 14.5. The molecule has 162 valence electrons. The molecule has 31 heavy (non-hydrogen) atoms. The largest absolute Gasteiger partial charge is 0.393 e. The molecule has 4 rings (SSSR count). The molecule has 0 spiro atoms. The number of carbonyl (C=O) groups excluding carboxylic acids is 1. The predicted octanol–water partition coefficient (Wildman–Crippen LogP) is 4.03. The molecular weight excluding hydrogens is 437 g/mol. The second-order valence-electron chi connectivity index (χ2n) is 7.82. The summed E-state index contributed by atoms with van der Waals surface area (Å²) in [5.41, 5.74) is 1.03. The number of amides is 1. The van der Waals surface area contributed by atoms with E-state index in [4.69, 9.17) is 23.2 Å². The van der Waals surface area contributed by atoms with Crippen molar-refractivity contribution in [2.24, 2.45) is 0 Å². The number of aromatic nitrogens is 2. The van der Waals surface area contributed by atoms with E-state index in [1.165, 1.54) is 4.68 Å². The fourth-order valence-corrected chi connectivity index (χ4v) is 4.41. The first-order valence-electron chi connectivity index (χ1n) is 10.2. The lowest BCUT2D eigenvalue weighted by Gasteiger charge is -2.25. The normalized spacial score (nSPS) is 18.7. The molecular formula is C23H23Cl2N3O3. The molecule has 0 unspecified atom stereocenters. The highest BCUT2D eigenvalue weighted by molar-refractivity contribution is 6.35. The van der Waals surface area contributed by atoms with Crippen LogP contribution in [0.4, 0.5) is 0 Å². The maximum absolute atomic E-state index is 13.3. The summed E-state index contributed by atoms with van der Waals surface area (Å²) in [5.74, 6) is -0.419. The van der Waals surface area contributed by atoms with Crippen molar-refractivity contribution in [3.63, 3.8) is 0 Å². The van der Waals surface area contributed by atoms with Crippen molar-refractivity contribution < 1.29 is 9.90 Å². The van der Waals surface area contributed by atoms with Crippen LogP contribution in [0.3, 0.4) is 0 Å². The highest BCUT2D eigenvalue weighted by Gasteiger charge is 2.25. The first kappa shape index (κ1) is 21.7. The van der Waals surface area contributed by atoms with Crippen LogP contribution in [0.1, 0.15) is 41.6 Å². The Bertz CT molecular complexity index is 1130. The number of aliphatic hydroxyl groups excluding tert-OH is 1. The van der Waals surface area contributed by atoms with E-state index in [-0.39, 0.29) is 17.7 Å². The van der Waals surface area contributed by atoms with Gasteiger partial charge < -0.3 is 10.4 Å². The zero-order chi connectivity index (χ0) is 22.0. The van der Waals surface area contributed by atoms with E-state index in [9.17, 15) is 14.7 Å². The minimum Gasteiger partial charge on any atom is -0.393 e. The van der Waals surface area contributed by atoms with Crippen LogP contribution in [0, 0.1) is 0 Å². The van der Waals surface area contributed by atoms with Gasteiger partial charge in [0.05, 0.1) is 23.4 Å².